The lowest BCUT2D eigenvalue weighted by Gasteiger charge is -2.14. The van der Waals surface area contributed by atoms with Crippen molar-refractivity contribution in [1.82, 2.24) is 10.2 Å². The Kier molecular flexibility index (Phi) is 5.63. The number of hydrogen-bond acceptors (Lipinski definition) is 3. The number of furan rings is 1. The molecule has 1 heterocycles. The van der Waals surface area contributed by atoms with E-state index in [4.69, 9.17) is 4.42 Å². The quantitative estimate of drug-likeness (QED) is 0.754. The Morgan fingerprint density at radius 3 is 2.72 bits per heavy atom. The van der Waals surface area contributed by atoms with Crippen LogP contribution in [-0.2, 0) is 13.1 Å². The molecule has 1 rings (SSSR count). The first-order chi connectivity index (χ1) is 8.38. The maximum Gasteiger partial charge on any atom is 0.120 e. The molecule has 0 spiro atoms. The van der Waals surface area contributed by atoms with Crippen LogP contribution < -0.4 is 5.32 Å². The highest BCUT2D eigenvalue weighted by atomic mass is 16.3. The van der Waals surface area contributed by atoms with Crippen LogP contribution in [0.5, 0.6) is 0 Å². The average Bonchev–Trinajstić information content (AvgIpc) is 2.54. The van der Waals surface area contributed by atoms with E-state index in [2.05, 4.69) is 50.7 Å². The number of hydrogen-bond donors (Lipinski definition) is 1. The molecular formula is C15H26N2O. The van der Waals surface area contributed by atoms with Crippen molar-refractivity contribution in [2.24, 2.45) is 0 Å². The first-order valence-corrected chi connectivity index (χ1v) is 6.53. The van der Waals surface area contributed by atoms with E-state index in [0.717, 1.165) is 31.2 Å². The van der Waals surface area contributed by atoms with Crippen LogP contribution in [-0.4, -0.2) is 24.5 Å². The first kappa shape index (κ1) is 15.0. The standard InChI is InChI=1S/C15H26N2O/c1-11(2)9-17(6)10-14-7-13(5)15(18-14)8-16-12(3)4/h7,12,16H,1,8-10H2,2-6H3. The van der Waals surface area contributed by atoms with Gasteiger partial charge in [-0.2, -0.15) is 0 Å². The molecule has 0 aliphatic rings. The topological polar surface area (TPSA) is 28.4 Å². The maximum atomic E-state index is 5.88. The summed E-state index contributed by atoms with van der Waals surface area (Å²) in [6.45, 7) is 14.9. The predicted molar refractivity (Wildman–Crippen MR) is 76.6 cm³/mol. The predicted octanol–water partition coefficient (Wildman–Crippen LogP) is 3.09. The molecule has 0 atom stereocenters. The second-order valence-electron chi connectivity index (χ2n) is 5.48. The molecule has 1 aromatic heterocycles. The van der Waals surface area contributed by atoms with Crippen molar-refractivity contribution in [2.45, 2.75) is 46.8 Å². The minimum absolute atomic E-state index is 0.476. The fourth-order valence-corrected chi connectivity index (χ4v) is 1.92. The maximum absolute atomic E-state index is 5.88. The molecule has 1 N–H and O–H groups in total. The average molecular weight is 250 g/mol. The molecular weight excluding hydrogens is 224 g/mol. The van der Waals surface area contributed by atoms with E-state index in [0.29, 0.717) is 6.04 Å². The van der Waals surface area contributed by atoms with Gasteiger partial charge in [0, 0.05) is 12.6 Å². The van der Waals surface area contributed by atoms with Crippen LogP contribution >= 0.6 is 0 Å². The molecule has 3 nitrogen and oxygen atoms in total. The lowest BCUT2D eigenvalue weighted by atomic mass is 10.2. The van der Waals surface area contributed by atoms with Gasteiger partial charge in [0.25, 0.3) is 0 Å². The number of aryl methyl sites for hydroxylation is 1. The van der Waals surface area contributed by atoms with Gasteiger partial charge in [0.1, 0.15) is 11.5 Å². The van der Waals surface area contributed by atoms with Gasteiger partial charge in [0.15, 0.2) is 0 Å². The van der Waals surface area contributed by atoms with Crippen LogP contribution in [0.1, 0.15) is 37.9 Å². The van der Waals surface area contributed by atoms with Crippen molar-refractivity contribution in [3.05, 3.63) is 35.3 Å². The summed E-state index contributed by atoms with van der Waals surface area (Å²) in [7, 11) is 2.08. The summed E-state index contributed by atoms with van der Waals surface area (Å²) in [6, 6.07) is 2.61. The molecule has 0 fully saturated rings. The SMILES string of the molecule is C=C(C)CN(C)Cc1cc(C)c(CNC(C)C)o1. The molecule has 3 heteroatoms. The zero-order valence-electron chi connectivity index (χ0n) is 12.3. The molecule has 0 aromatic carbocycles. The molecule has 0 amide bonds. The van der Waals surface area contributed by atoms with Gasteiger partial charge in [-0.05, 0) is 32.5 Å². The number of nitrogens with one attached hydrogen (secondary N) is 1. The van der Waals surface area contributed by atoms with Crippen molar-refractivity contribution in [3.63, 3.8) is 0 Å². The molecule has 0 aliphatic heterocycles. The molecule has 0 aliphatic carbocycles. The van der Waals surface area contributed by atoms with E-state index in [9.17, 15) is 0 Å². The summed E-state index contributed by atoms with van der Waals surface area (Å²) < 4.78 is 5.88. The van der Waals surface area contributed by atoms with E-state index in [1.807, 2.05) is 6.92 Å². The highest BCUT2D eigenvalue weighted by Gasteiger charge is 2.10. The Morgan fingerprint density at radius 1 is 1.50 bits per heavy atom. The van der Waals surface area contributed by atoms with Gasteiger partial charge in [-0.15, -0.1) is 0 Å². The largest absolute Gasteiger partial charge is 0.463 e. The van der Waals surface area contributed by atoms with Crippen molar-refractivity contribution in [3.8, 4) is 0 Å². The Balaban J connectivity index is 2.57. The second kappa shape index (κ2) is 6.76. The summed E-state index contributed by atoms with van der Waals surface area (Å²) in [5, 5.41) is 3.38. The summed E-state index contributed by atoms with van der Waals surface area (Å²) in [6.07, 6.45) is 0. The molecule has 0 radical (unpaired) electrons. The van der Waals surface area contributed by atoms with Crippen LogP contribution in [0.15, 0.2) is 22.6 Å². The number of nitrogens with zero attached hydrogens (tertiary/aromatic N) is 1. The zero-order valence-corrected chi connectivity index (χ0v) is 12.3. The van der Waals surface area contributed by atoms with Crippen LogP contribution in [0.25, 0.3) is 0 Å². The third-order valence-electron chi connectivity index (χ3n) is 2.71. The van der Waals surface area contributed by atoms with E-state index in [-0.39, 0.29) is 0 Å². The fraction of sp³-hybridized carbons (Fsp3) is 0.600. The molecule has 102 valence electrons. The monoisotopic (exact) mass is 250 g/mol. The summed E-state index contributed by atoms with van der Waals surface area (Å²) in [5.41, 5.74) is 2.39. The first-order valence-electron chi connectivity index (χ1n) is 6.53. The Hall–Kier alpha value is -1.06. The van der Waals surface area contributed by atoms with Crippen LogP contribution in [0, 0.1) is 6.92 Å². The second-order valence-corrected chi connectivity index (χ2v) is 5.48. The molecule has 0 saturated carbocycles. The molecule has 0 unspecified atom stereocenters. The van der Waals surface area contributed by atoms with Gasteiger partial charge in [0.2, 0.25) is 0 Å². The van der Waals surface area contributed by atoms with Crippen molar-refractivity contribution in [1.29, 1.82) is 0 Å². The van der Waals surface area contributed by atoms with E-state index < -0.39 is 0 Å². The van der Waals surface area contributed by atoms with Gasteiger partial charge in [0.05, 0.1) is 13.1 Å². The van der Waals surface area contributed by atoms with E-state index >= 15 is 0 Å². The van der Waals surface area contributed by atoms with Crippen LogP contribution in [0.2, 0.25) is 0 Å². The fourth-order valence-electron chi connectivity index (χ4n) is 1.92. The van der Waals surface area contributed by atoms with Gasteiger partial charge in [-0.3, -0.25) is 4.90 Å². The van der Waals surface area contributed by atoms with Gasteiger partial charge in [-0.25, -0.2) is 0 Å². The van der Waals surface area contributed by atoms with Gasteiger partial charge < -0.3 is 9.73 Å². The van der Waals surface area contributed by atoms with Crippen LogP contribution in [0.3, 0.4) is 0 Å². The van der Waals surface area contributed by atoms with E-state index in [1.165, 1.54) is 11.1 Å². The molecule has 0 saturated heterocycles. The summed E-state index contributed by atoms with van der Waals surface area (Å²) in [5.74, 6) is 2.07. The lowest BCUT2D eigenvalue weighted by Crippen LogP contribution is -2.22. The third-order valence-corrected chi connectivity index (χ3v) is 2.71. The summed E-state index contributed by atoms with van der Waals surface area (Å²) in [4.78, 5) is 2.21. The van der Waals surface area contributed by atoms with E-state index in [1.54, 1.807) is 0 Å². The van der Waals surface area contributed by atoms with Crippen LogP contribution in [0.4, 0.5) is 0 Å². The third kappa shape index (κ3) is 5.07. The highest BCUT2D eigenvalue weighted by Crippen LogP contribution is 2.16. The normalized spacial score (nSPS) is 11.5. The van der Waals surface area contributed by atoms with Crippen molar-refractivity contribution in [2.75, 3.05) is 13.6 Å². The Labute approximate surface area is 111 Å². The summed E-state index contributed by atoms with van der Waals surface area (Å²) >= 11 is 0. The molecule has 0 bridgehead atoms. The number of rotatable bonds is 7. The Morgan fingerprint density at radius 2 is 2.17 bits per heavy atom. The minimum atomic E-state index is 0.476. The smallest absolute Gasteiger partial charge is 0.120 e. The van der Waals surface area contributed by atoms with Gasteiger partial charge in [-0.1, -0.05) is 26.0 Å². The van der Waals surface area contributed by atoms with Crippen molar-refractivity contribution >= 4 is 0 Å². The Bertz CT molecular complexity index is 393. The molecule has 1 aromatic rings. The molecule has 18 heavy (non-hydrogen) atoms. The van der Waals surface area contributed by atoms with Crippen molar-refractivity contribution < 1.29 is 4.42 Å². The highest BCUT2D eigenvalue weighted by molar-refractivity contribution is 5.20. The minimum Gasteiger partial charge on any atom is -0.463 e. The zero-order chi connectivity index (χ0) is 13.7. The van der Waals surface area contributed by atoms with Gasteiger partial charge >= 0.3 is 0 Å². The lowest BCUT2D eigenvalue weighted by molar-refractivity contribution is 0.308. The number of likely N-dealkylation sites (N-methyl/N-ethyl adjacent to an activating group) is 1.